The number of para-hydroxylation sites is 1. The van der Waals surface area contributed by atoms with Crippen LogP contribution in [0.2, 0.25) is 0 Å². The number of nitrogens with one attached hydrogen (secondary N) is 1. The molecule has 0 spiro atoms. The predicted molar refractivity (Wildman–Crippen MR) is 77.8 cm³/mol. The zero-order valence-corrected chi connectivity index (χ0v) is 12.2. The van der Waals surface area contributed by atoms with Crippen LogP contribution >= 0.6 is 0 Å². The molecule has 1 saturated carbocycles. The first kappa shape index (κ1) is 14.2. The Labute approximate surface area is 116 Å². The fourth-order valence-corrected chi connectivity index (χ4v) is 2.50. The molecule has 0 amide bonds. The van der Waals surface area contributed by atoms with Crippen LogP contribution in [0.3, 0.4) is 0 Å². The van der Waals surface area contributed by atoms with Gasteiger partial charge >= 0.3 is 0 Å². The Morgan fingerprint density at radius 2 is 2.05 bits per heavy atom. The molecule has 0 aliphatic heterocycles. The molecule has 1 aromatic carbocycles. The highest BCUT2D eigenvalue weighted by atomic mass is 16.5. The Morgan fingerprint density at radius 3 is 2.63 bits per heavy atom. The van der Waals surface area contributed by atoms with E-state index in [-0.39, 0.29) is 0 Å². The van der Waals surface area contributed by atoms with Crippen LogP contribution < -0.4 is 14.8 Å². The van der Waals surface area contributed by atoms with Crippen molar-refractivity contribution in [2.75, 3.05) is 14.2 Å². The first-order chi connectivity index (χ1) is 9.28. The average Bonchev–Trinajstić information content (AvgIpc) is 3.26. The van der Waals surface area contributed by atoms with Crippen LogP contribution in [-0.4, -0.2) is 20.3 Å². The second-order valence-electron chi connectivity index (χ2n) is 5.32. The summed E-state index contributed by atoms with van der Waals surface area (Å²) in [6, 6.07) is 6.66. The summed E-state index contributed by atoms with van der Waals surface area (Å²) >= 11 is 0. The van der Waals surface area contributed by atoms with Gasteiger partial charge in [0.25, 0.3) is 0 Å². The van der Waals surface area contributed by atoms with Gasteiger partial charge in [0.2, 0.25) is 0 Å². The molecule has 1 aliphatic rings. The third-order valence-electron chi connectivity index (χ3n) is 3.87. The van der Waals surface area contributed by atoms with Gasteiger partial charge in [-0.15, -0.1) is 0 Å². The first-order valence-electron chi connectivity index (χ1n) is 7.21. The molecule has 3 nitrogen and oxygen atoms in total. The molecule has 1 aliphatic carbocycles. The number of ether oxygens (including phenoxy) is 2. The summed E-state index contributed by atoms with van der Waals surface area (Å²) in [5.74, 6) is 2.61. The second kappa shape index (κ2) is 6.80. The smallest absolute Gasteiger partial charge is 0.165 e. The zero-order chi connectivity index (χ0) is 13.7. The van der Waals surface area contributed by atoms with Crippen molar-refractivity contribution in [2.24, 2.45) is 5.92 Å². The van der Waals surface area contributed by atoms with Crippen molar-refractivity contribution in [1.29, 1.82) is 0 Å². The van der Waals surface area contributed by atoms with E-state index < -0.39 is 0 Å². The van der Waals surface area contributed by atoms with Gasteiger partial charge in [-0.05, 0) is 24.8 Å². The monoisotopic (exact) mass is 263 g/mol. The molecule has 106 valence electrons. The van der Waals surface area contributed by atoms with Gasteiger partial charge in [-0.1, -0.05) is 31.9 Å². The van der Waals surface area contributed by atoms with Crippen molar-refractivity contribution in [2.45, 2.75) is 45.2 Å². The molecule has 0 aromatic heterocycles. The highest BCUT2D eigenvalue weighted by Gasteiger charge is 2.24. The van der Waals surface area contributed by atoms with Gasteiger partial charge in [0, 0.05) is 18.2 Å². The van der Waals surface area contributed by atoms with Crippen molar-refractivity contribution < 1.29 is 9.47 Å². The van der Waals surface area contributed by atoms with Gasteiger partial charge in [-0.2, -0.15) is 0 Å². The normalized spacial score (nSPS) is 16.2. The Hall–Kier alpha value is -1.22. The maximum Gasteiger partial charge on any atom is 0.165 e. The minimum atomic E-state index is 0.614. The van der Waals surface area contributed by atoms with Crippen LogP contribution in [0.1, 0.15) is 38.2 Å². The van der Waals surface area contributed by atoms with Crippen molar-refractivity contribution in [1.82, 2.24) is 5.32 Å². The lowest BCUT2D eigenvalue weighted by Gasteiger charge is -2.18. The largest absolute Gasteiger partial charge is 0.493 e. The van der Waals surface area contributed by atoms with Gasteiger partial charge in [0.15, 0.2) is 11.5 Å². The van der Waals surface area contributed by atoms with Gasteiger partial charge in [0.05, 0.1) is 14.2 Å². The molecule has 0 heterocycles. The molecule has 1 unspecified atom stereocenters. The topological polar surface area (TPSA) is 30.5 Å². The third kappa shape index (κ3) is 3.87. The lowest BCUT2D eigenvalue weighted by atomic mass is 10.1. The van der Waals surface area contributed by atoms with Gasteiger partial charge in [-0.3, -0.25) is 0 Å². The standard InChI is InChI=1S/C16H25NO2/c1-4-14(10-12-8-9-12)17-11-13-6-5-7-15(18-2)16(13)19-3/h5-7,12,14,17H,4,8-11H2,1-3H3. The van der Waals surface area contributed by atoms with E-state index in [2.05, 4.69) is 18.3 Å². The van der Waals surface area contributed by atoms with Crippen LogP contribution in [0.5, 0.6) is 11.5 Å². The molecular weight excluding hydrogens is 238 g/mol. The quantitative estimate of drug-likeness (QED) is 0.780. The number of rotatable bonds is 8. The Morgan fingerprint density at radius 1 is 1.26 bits per heavy atom. The van der Waals surface area contributed by atoms with E-state index in [1.165, 1.54) is 25.7 Å². The highest BCUT2D eigenvalue weighted by molar-refractivity contribution is 5.46. The summed E-state index contributed by atoms with van der Waals surface area (Å²) in [4.78, 5) is 0. The van der Waals surface area contributed by atoms with E-state index in [1.54, 1.807) is 14.2 Å². The summed E-state index contributed by atoms with van der Waals surface area (Å²) in [5, 5.41) is 3.65. The van der Waals surface area contributed by atoms with Crippen molar-refractivity contribution in [3.05, 3.63) is 23.8 Å². The molecule has 0 saturated heterocycles. The number of hydrogen-bond donors (Lipinski definition) is 1. The Bertz CT molecular complexity index is 402. The maximum atomic E-state index is 5.46. The third-order valence-corrected chi connectivity index (χ3v) is 3.87. The first-order valence-corrected chi connectivity index (χ1v) is 7.21. The highest BCUT2D eigenvalue weighted by Crippen LogP contribution is 2.34. The van der Waals surface area contributed by atoms with E-state index in [9.17, 15) is 0 Å². The van der Waals surface area contributed by atoms with Crippen LogP contribution in [0.15, 0.2) is 18.2 Å². The lowest BCUT2D eigenvalue weighted by Crippen LogP contribution is -2.28. The van der Waals surface area contributed by atoms with Crippen molar-refractivity contribution in [3.8, 4) is 11.5 Å². The van der Waals surface area contributed by atoms with Crippen LogP contribution in [0, 0.1) is 5.92 Å². The molecular formula is C16H25NO2. The minimum absolute atomic E-state index is 0.614. The molecule has 19 heavy (non-hydrogen) atoms. The van der Waals surface area contributed by atoms with E-state index in [1.807, 2.05) is 12.1 Å². The molecule has 1 atom stereocenters. The van der Waals surface area contributed by atoms with Gasteiger partial charge < -0.3 is 14.8 Å². The molecule has 1 fully saturated rings. The van der Waals surface area contributed by atoms with E-state index in [0.29, 0.717) is 6.04 Å². The fourth-order valence-electron chi connectivity index (χ4n) is 2.50. The van der Waals surface area contributed by atoms with E-state index in [0.717, 1.165) is 29.5 Å². The average molecular weight is 263 g/mol. The van der Waals surface area contributed by atoms with Crippen LogP contribution in [0.4, 0.5) is 0 Å². The van der Waals surface area contributed by atoms with Gasteiger partial charge in [-0.25, -0.2) is 0 Å². The molecule has 0 radical (unpaired) electrons. The summed E-state index contributed by atoms with van der Waals surface area (Å²) < 4.78 is 10.8. The second-order valence-corrected chi connectivity index (χ2v) is 5.32. The molecule has 1 aromatic rings. The van der Waals surface area contributed by atoms with Gasteiger partial charge in [0.1, 0.15) is 0 Å². The van der Waals surface area contributed by atoms with Crippen LogP contribution in [0.25, 0.3) is 0 Å². The zero-order valence-electron chi connectivity index (χ0n) is 12.2. The summed E-state index contributed by atoms with van der Waals surface area (Å²) in [6.45, 7) is 3.09. The fraction of sp³-hybridized carbons (Fsp3) is 0.625. The predicted octanol–water partition coefficient (Wildman–Crippen LogP) is 3.37. The molecule has 2 rings (SSSR count). The number of benzene rings is 1. The number of hydrogen-bond acceptors (Lipinski definition) is 3. The van der Waals surface area contributed by atoms with Crippen LogP contribution in [-0.2, 0) is 6.54 Å². The van der Waals surface area contributed by atoms with Crippen molar-refractivity contribution >= 4 is 0 Å². The summed E-state index contributed by atoms with van der Waals surface area (Å²) in [7, 11) is 3.37. The Balaban J connectivity index is 1.97. The minimum Gasteiger partial charge on any atom is -0.493 e. The van der Waals surface area contributed by atoms with Crippen molar-refractivity contribution in [3.63, 3.8) is 0 Å². The maximum absolute atomic E-state index is 5.46. The van der Waals surface area contributed by atoms with E-state index >= 15 is 0 Å². The summed E-state index contributed by atoms with van der Waals surface area (Å²) in [6.07, 6.45) is 5.33. The summed E-state index contributed by atoms with van der Waals surface area (Å²) in [5.41, 5.74) is 1.16. The molecule has 1 N–H and O–H groups in total. The SMILES string of the molecule is CCC(CC1CC1)NCc1cccc(OC)c1OC. The van der Waals surface area contributed by atoms with E-state index in [4.69, 9.17) is 9.47 Å². The Kier molecular flexibility index (Phi) is 5.08. The molecule has 0 bridgehead atoms. The number of methoxy groups -OCH3 is 2. The lowest BCUT2D eigenvalue weighted by molar-refractivity contribution is 0.348. The molecule has 3 heteroatoms.